The summed E-state index contributed by atoms with van der Waals surface area (Å²) < 4.78 is 11.0. The molecule has 2 unspecified atom stereocenters. The third-order valence-corrected chi connectivity index (χ3v) is 2.36. The van der Waals surface area contributed by atoms with Crippen molar-refractivity contribution in [3.05, 3.63) is 6.42 Å². The Bertz CT molecular complexity index is 98.7. The number of hydrogen-bond acceptors (Lipinski definition) is 2. The molecule has 63 valence electrons. The molecule has 2 rings (SSSR count). The maximum Gasteiger partial charge on any atom is 0.0633 e. The second-order valence-corrected chi connectivity index (χ2v) is 3.30. The first-order chi connectivity index (χ1) is 5.45. The predicted molar refractivity (Wildman–Crippen MR) is 42.2 cm³/mol. The van der Waals surface area contributed by atoms with Gasteiger partial charge >= 0.3 is 0 Å². The highest BCUT2D eigenvalue weighted by molar-refractivity contribution is 4.89. The summed E-state index contributed by atoms with van der Waals surface area (Å²) in [6.07, 6.45) is 7.83. The molecule has 2 heterocycles. The quantitative estimate of drug-likeness (QED) is 0.602. The van der Waals surface area contributed by atoms with Crippen LogP contribution in [0.3, 0.4) is 0 Å². The summed E-state index contributed by atoms with van der Waals surface area (Å²) in [5, 5.41) is 0. The first-order valence-corrected chi connectivity index (χ1v) is 4.53. The Labute approximate surface area is 67.9 Å². The molecule has 11 heavy (non-hydrogen) atoms. The largest absolute Gasteiger partial charge is 0.378 e. The normalized spacial score (nSPS) is 38.2. The Morgan fingerprint density at radius 3 is 1.82 bits per heavy atom. The molecule has 2 heteroatoms. The molecule has 2 aliphatic heterocycles. The van der Waals surface area contributed by atoms with Crippen LogP contribution in [-0.2, 0) is 9.47 Å². The highest BCUT2D eigenvalue weighted by Crippen LogP contribution is 2.22. The monoisotopic (exact) mass is 155 g/mol. The van der Waals surface area contributed by atoms with E-state index in [1.54, 1.807) is 0 Å². The molecule has 2 nitrogen and oxygen atoms in total. The van der Waals surface area contributed by atoms with Crippen molar-refractivity contribution >= 4 is 0 Å². The van der Waals surface area contributed by atoms with Crippen LogP contribution in [0.1, 0.15) is 25.7 Å². The minimum atomic E-state index is 0.387. The maximum atomic E-state index is 5.48. The Kier molecular flexibility index (Phi) is 2.44. The van der Waals surface area contributed by atoms with Crippen LogP contribution in [0, 0.1) is 6.42 Å². The van der Waals surface area contributed by atoms with E-state index in [0.29, 0.717) is 12.2 Å². The number of ether oxygens (including phenoxy) is 2. The van der Waals surface area contributed by atoms with Crippen molar-refractivity contribution in [1.29, 1.82) is 0 Å². The van der Waals surface area contributed by atoms with E-state index in [9.17, 15) is 0 Å². The molecule has 2 aliphatic rings. The molecule has 0 spiro atoms. The van der Waals surface area contributed by atoms with Crippen LogP contribution < -0.4 is 0 Å². The van der Waals surface area contributed by atoms with Gasteiger partial charge in [0.1, 0.15) is 0 Å². The van der Waals surface area contributed by atoms with Crippen LogP contribution in [-0.4, -0.2) is 25.4 Å². The molecular formula is C9H15O2. The molecule has 2 atom stereocenters. The molecule has 0 aliphatic carbocycles. The van der Waals surface area contributed by atoms with Gasteiger partial charge in [-0.25, -0.2) is 0 Å². The lowest BCUT2D eigenvalue weighted by atomic mass is 10.1. The van der Waals surface area contributed by atoms with E-state index >= 15 is 0 Å². The Morgan fingerprint density at radius 2 is 1.45 bits per heavy atom. The van der Waals surface area contributed by atoms with Crippen LogP contribution in [0.25, 0.3) is 0 Å². The molecule has 2 fully saturated rings. The van der Waals surface area contributed by atoms with Crippen molar-refractivity contribution in [2.24, 2.45) is 0 Å². The van der Waals surface area contributed by atoms with Gasteiger partial charge in [0.25, 0.3) is 0 Å². The van der Waals surface area contributed by atoms with Gasteiger partial charge in [-0.1, -0.05) is 0 Å². The van der Waals surface area contributed by atoms with Gasteiger partial charge in [-0.05, 0) is 25.7 Å². The van der Waals surface area contributed by atoms with Gasteiger partial charge in [-0.15, -0.1) is 0 Å². The fourth-order valence-corrected chi connectivity index (χ4v) is 1.75. The molecular weight excluding hydrogens is 140 g/mol. The molecule has 0 bridgehead atoms. The van der Waals surface area contributed by atoms with E-state index in [0.717, 1.165) is 13.2 Å². The van der Waals surface area contributed by atoms with E-state index in [4.69, 9.17) is 9.47 Å². The highest BCUT2D eigenvalue weighted by Gasteiger charge is 2.23. The fourth-order valence-electron chi connectivity index (χ4n) is 1.75. The minimum absolute atomic E-state index is 0.387. The minimum Gasteiger partial charge on any atom is -0.378 e. The van der Waals surface area contributed by atoms with Gasteiger partial charge in [-0.2, -0.15) is 0 Å². The topological polar surface area (TPSA) is 18.5 Å². The summed E-state index contributed by atoms with van der Waals surface area (Å²) in [6, 6.07) is 0. The van der Waals surface area contributed by atoms with Crippen molar-refractivity contribution < 1.29 is 9.47 Å². The van der Waals surface area contributed by atoms with Gasteiger partial charge in [0.05, 0.1) is 12.2 Å². The summed E-state index contributed by atoms with van der Waals surface area (Å²) in [4.78, 5) is 0. The van der Waals surface area contributed by atoms with E-state index in [1.165, 1.54) is 25.7 Å². The fraction of sp³-hybridized carbons (Fsp3) is 0.889. The lowest BCUT2D eigenvalue weighted by Crippen LogP contribution is -2.17. The zero-order chi connectivity index (χ0) is 7.52. The van der Waals surface area contributed by atoms with Crippen molar-refractivity contribution in [3.63, 3.8) is 0 Å². The summed E-state index contributed by atoms with van der Waals surface area (Å²) in [6.45, 7) is 1.88. The smallest absolute Gasteiger partial charge is 0.0633 e. The molecule has 0 saturated carbocycles. The lowest BCUT2D eigenvalue weighted by molar-refractivity contribution is 0.0805. The maximum absolute atomic E-state index is 5.48. The third-order valence-electron chi connectivity index (χ3n) is 2.36. The third kappa shape index (κ3) is 1.94. The second-order valence-electron chi connectivity index (χ2n) is 3.30. The van der Waals surface area contributed by atoms with Crippen LogP contribution in [0.2, 0.25) is 0 Å². The van der Waals surface area contributed by atoms with Gasteiger partial charge in [0.2, 0.25) is 0 Å². The van der Waals surface area contributed by atoms with Crippen molar-refractivity contribution in [3.8, 4) is 0 Å². The first-order valence-electron chi connectivity index (χ1n) is 4.53. The van der Waals surface area contributed by atoms with Crippen molar-refractivity contribution in [1.82, 2.24) is 0 Å². The standard InChI is InChI=1S/C9H15O2/c1-3-8(10-5-1)7-9-4-2-6-11-9/h7-9H,1-6H2. The zero-order valence-corrected chi connectivity index (χ0v) is 6.79. The molecule has 1 radical (unpaired) electrons. The average molecular weight is 155 g/mol. The van der Waals surface area contributed by atoms with E-state index in [2.05, 4.69) is 6.42 Å². The summed E-state index contributed by atoms with van der Waals surface area (Å²) in [5.74, 6) is 0. The average Bonchev–Trinajstić information content (AvgIpc) is 2.60. The Hall–Kier alpha value is -0.0800. The van der Waals surface area contributed by atoms with Crippen molar-refractivity contribution in [2.45, 2.75) is 37.9 Å². The van der Waals surface area contributed by atoms with E-state index in [1.807, 2.05) is 0 Å². The highest BCUT2D eigenvalue weighted by atomic mass is 16.5. The molecule has 0 N–H and O–H groups in total. The van der Waals surface area contributed by atoms with Crippen molar-refractivity contribution in [2.75, 3.05) is 13.2 Å². The van der Waals surface area contributed by atoms with E-state index in [-0.39, 0.29) is 0 Å². The molecule has 0 aromatic carbocycles. The Morgan fingerprint density at radius 1 is 0.909 bits per heavy atom. The molecule has 2 saturated heterocycles. The summed E-state index contributed by atoms with van der Waals surface area (Å²) >= 11 is 0. The predicted octanol–water partition coefficient (Wildman–Crippen LogP) is 1.55. The molecule has 0 aromatic heterocycles. The first kappa shape index (κ1) is 7.56. The summed E-state index contributed by atoms with van der Waals surface area (Å²) in [5.41, 5.74) is 0. The van der Waals surface area contributed by atoms with Crippen LogP contribution >= 0.6 is 0 Å². The summed E-state index contributed by atoms with van der Waals surface area (Å²) in [7, 11) is 0. The van der Waals surface area contributed by atoms with Gasteiger partial charge < -0.3 is 9.47 Å². The van der Waals surface area contributed by atoms with Gasteiger partial charge in [0, 0.05) is 19.6 Å². The second kappa shape index (κ2) is 3.55. The van der Waals surface area contributed by atoms with Crippen LogP contribution in [0.15, 0.2) is 0 Å². The van der Waals surface area contributed by atoms with Gasteiger partial charge in [0.15, 0.2) is 0 Å². The van der Waals surface area contributed by atoms with Crippen LogP contribution in [0.5, 0.6) is 0 Å². The SMILES string of the molecule is [CH](C1CCCO1)C1CCCO1. The zero-order valence-electron chi connectivity index (χ0n) is 6.79. The lowest BCUT2D eigenvalue weighted by Gasteiger charge is -2.13. The van der Waals surface area contributed by atoms with Gasteiger partial charge in [-0.3, -0.25) is 0 Å². The Balaban J connectivity index is 1.71. The number of hydrogen-bond donors (Lipinski definition) is 0. The number of rotatable bonds is 2. The molecule has 0 amide bonds. The molecule has 0 aromatic rings. The van der Waals surface area contributed by atoms with Crippen LogP contribution in [0.4, 0.5) is 0 Å². The van der Waals surface area contributed by atoms with E-state index < -0.39 is 0 Å².